The average molecular weight is 173 g/mol. The van der Waals surface area contributed by atoms with Crippen LogP contribution in [0.4, 0.5) is 0 Å². The van der Waals surface area contributed by atoms with Gasteiger partial charge in [0.15, 0.2) is 0 Å². The third-order valence-electron chi connectivity index (χ3n) is 2.27. The van der Waals surface area contributed by atoms with Crippen LogP contribution < -0.4 is 0 Å². The van der Waals surface area contributed by atoms with Gasteiger partial charge in [-0.15, -0.1) is 0 Å². The molecule has 1 heterocycles. The molecule has 0 bridgehead atoms. The fourth-order valence-corrected chi connectivity index (χ4v) is 1.73. The van der Waals surface area contributed by atoms with Crippen molar-refractivity contribution in [3.05, 3.63) is 0 Å². The lowest BCUT2D eigenvalue weighted by Gasteiger charge is -2.23. The Balaban J connectivity index is 2.47. The number of hydrogen-bond acceptors (Lipinski definition) is 4. The molecule has 0 spiro atoms. The molecule has 1 fully saturated rings. The highest BCUT2D eigenvalue weighted by molar-refractivity contribution is 6.45. The molecule has 2 atom stereocenters. The fraction of sp³-hybridized carbons (Fsp3) is 1.00. The van der Waals surface area contributed by atoms with Crippen molar-refractivity contribution >= 4 is 7.05 Å². The Morgan fingerprint density at radius 2 is 2.33 bits per heavy atom. The van der Waals surface area contributed by atoms with Crippen LogP contribution in [0.3, 0.4) is 0 Å². The van der Waals surface area contributed by atoms with E-state index in [0.717, 1.165) is 0 Å². The number of aliphatic hydroxyl groups excluding tert-OH is 1. The van der Waals surface area contributed by atoms with Crippen LogP contribution in [-0.2, 0) is 4.74 Å². The molecule has 1 aliphatic rings. The van der Waals surface area contributed by atoms with Crippen LogP contribution in [0.25, 0.3) is 0 Å². The predicted octanol–water partition coefficient (Wildman–Crippen LogP) is -0.822. The molecule has 0 unspecified atom stereocenters. The SMILES string of the molecule is COC[C@H]1C[C@H](O)CN1B(C)O. The maximum atomic E-state index is 9.34. The number of ether oxygens (including phenoxy) is 1. The topological polar surface area (TPSA) is 52.9 Å². The van der Waals surface area contributed by atoms with E-state index in [9.17, 15) is 10.1 Å². The quantitative estimate of drug-likeness (QED) is 0.547. The normalized spacial score (nSPS) is 31.0. The molecule has 70 valence electrons. The Morgan fingerprint density at radius 3 is 2.83 bits per heavy atom. The number of hydrogen-bond donors (Lipinski definition) is 2. The molecule has 0 radical (unpaired) electrons. The monoisotopic (exact) mass is 173 g/mol. The van der Waals surface area contributed by atoms with Crippen molar-refractivity contribution in [2.24, 2.45) is 0 Å². The Bertz CT molecular complexity index is 145. The molecule has 2 N–H and O–H groups in total. The third kappa shape index (κ3) is 2.20. The molecule has 0 aromatic carbocycles. The summed E-state index contributed by atoms with van der Waals surface area (Å²) in [4.78, 5) is 1.86. The number of aliphatic hydroxyl groups is 1. The van der Waals surface area contributed by atoms with E-state index < -0.39 is 7.05 Å². The van der Waals surface area contributed by atoms with Gasteiger partial charge in [-0.25, -0.2) is 0 Å². The summed E-state index contributed by atoms with van der Waals surface area (Å²) in [5.74, 6) is 0. The predicted molar refractivity (Wildman–Crippen MR) is 46.8 cm³/mol. The summed E-state index contributed by atoms with van der Waals surface area (Å²) in [7, 11) is 1.13. The second kappa shape index (κ2) is 4.23. The van der Waals surface area contributed by atoms with Crippen molar-refractivity contribution in [2.75, 3.05) is 20.3 Å². The number of nitrogens with zero attached hydrogens (tertiary/aromatic N) is 1. The molecule has 0 saturated carbocycles. The van der Waals surface area contributed by atoms with Crippen molar-refractivity contribution in [1.29, 1.82) is 0 Å². The first-order chi connectivity index (χ1) is 5.65. The second-order valence-corrected chi connectivity index (χ2v) is 3.33. The van der Waals surface area contributed by atoms with Gasteiger partial charge in [-0.05, 0) is 13.2 Å². The van der Waals surface area contributed by atoms with Gasteiger partial charge in [0, 0.05) is 19.7 Å². The minimum atomic E-state index is -0.498. The largest absolute Gasteiger partial charge is 0.437 e. The standard InChI is InChI=1S/C7H16BNO3/c1-8(11)9-4-7(10)3-6(9)5-12-2/h6-7,10-11H,3-5H2,1-2H3/t6-,7+/m1/s1. The lowest BCUT2D eigenvalue weighted by Crippen LogP contribution is -2.43. The highest BCUT2D eigenvalue weighted by Gasteiger charge is 2.34. The van der Waals surface area contributed by atoms with Crippen LogP contribution in [0.5, 0.6) is 0 Å². The van der Waals surface area contributed by atoms with Crippen LogP contribution in [0.15, 0.2) is 0 Å². The Kier molecular flexibility index (Phi) is 3.52. The summed E-state index contributed by atoms with van der Waals surface area (Å²) in [6.45, 7) is 2.83. The molecule has 1 saturated heterocycles. The van der Waals surface area contributed by atoms with Gasteiger partial charge in [-0.2, -0.15) is 0 Å². The summed E-state index contributed by atoms with van der Waals surface area (Å²) in [5.41, 5.74) is 0. The van der Waals surface area contributed by atoms with Crippen LogP contribution in [0, 0.1) is 0 Å². The lowest BCUT2D eigenvalue weighted by atomic mass is 9.84. The first kappa shape index (κ1) is 9.99. The highest BCUT2D eigenvalue weighted by atomic mass is 16.5. The average Bonchev–Trinajstić information content (AvgIpc) is 2.32. The maximum absolute atomic E-state index is 9.34. The van der Waals surface area contributed by atoms with E-state index >= 15 is 0 Å². The Labute approximate surface area is 73.3 Å². The lowest BCUT2D eigenvalue weighted by molar-refractivity contribution is 0.141. The molecule has 0 aromatic heterocycles. The molecule has 1 rings (SSSR count). The zero-order valence-electron chi connectivity index (χ0n) is 7.60. The van der Waals surface area contributed by atoms with Crippen LogP contribution in [0.1, 0.15) is 6.42 Å². The van der Waals surface area contributed by atoms with Gasteiger partial charge in [-0.1, -0.05) is 0 Å². The van der Waals surface area contributed by atoms with E-state index in [1.807, 2.05) is 4.81 Å². The van der Waals surface area contributed by atoms with Gasteiger partial charge >= 0.3 is 7.05 Å². The molecule has 5 heteroatoms. The highest BCUT2D eigenvalue weighted by Crippen LogP contribution is 2.18. The number of methoxy groups -OCH3 is 1. The smallest absolute Gasteiger partial charge is 0.376 e. The molecule has 1 aliphatic heterocycles. The van der Waals surface area contributed by atoms with Gasteiger partial charge in [0.1, 0.15) is 0 Å². The Morgan fingerprint density at radius 1 is 1.67 bits per heavy atom. The van der Waals surface area contributed by atoms with Crippen molar-refractivity contribution in [2.45, 2.75) is 25.4 Å². The van der Waals surface area contributed by atoms with E-state index in [2.05, 4.69) is 0 Å². The molecular weight excluding hydrogens is 157 g/mol. The van der Waals surface area contributed by atoms with E-state index in [0.29, 0.717) is 19.6 Å². The van der Waals surface area contributed by atoms with Crippen molar-refractivity contribution in [3.8, 4) is 0 Å². The van der Waals surface area contributed by atoms with Gasteiger partial charge in [0.05, 0.1) is 12.7 Å². The summed E-state index contributed by atoms with van der Waals surface area (Å²) < 4.78 is 4.99. The van der Waals surface area contributed by atoms with E-state index in [1.54, 1.807) is 13.9 Å². The zero-order valence-corrected chi connectivity index (χ0v) is 7.60. The molecule has 0 amide bonds. The van der Waals surface area contributed by atoms with Crippen molar-refractivity contribution < 1.29 is 14.9 Å². The van der Waals surface area contributed by atoms with E-state index in [-0.39, 0.29) is 12.1 Å². The second-order valence-electron chi connectivity index (χ2n) is 3.33. The van der Waals surface area contributed by atoms with E-state index in [4.69, 9.17) is 4.74 Å². The first-order valence-electron chi connectivity index (χ1n) is 4.26. The minimum Gasteiger partial charge on any atom is -0.437 e. The van der Waals surface area contributed by atoms with Gasteiger partial charge < -0.3 is 19.7 Å². The van der Waals surface area contributed by atoms with Crippen LogP contribution in [0.2, 0.25) is 6.82 Å². The van der Waals surface area contributed by atoms with Crippen LogP contribution >= 0.6 is 0 Å². The number of β-amino-alcohol motifs (C(OH)–C–C–N with tert-alkyl or cyclic N) is 1. The first-order valence-corrected chi connectivity index (χ1v) is 4.26. The van der Waals surface area contributed by atoms with Gasteiger partial charge in [0.25, 0.3) is 0 Å². The molecule has 0 aliphatic carbocycles. The molecule has 0 aromatic rings. The fourth-order valence-electron chi connectivity index (χ4n) is 1.73. The van der Waals surface area contributed by atoms with Gasteiger partial charge in [-0.3, -0.25) is 0 Å². The van der Waals surface area contributed by atoms with E-state index in [1.165, 1.54) is 0 Å². The number of rotatable bonds is 3. The Hall–Kier alpha value is -0.0951. The summed E-state index contributed by atoms with van der Waals surface area (Å²) in [5, 5.41) is 18.7. The molecule has 4 nitrogen and oxygen atoms in total. The third-order valence-corrected chi connectivity index (χ3v) is 2.27. The van der Waals surface area contributed by atoms with Gasteiger partial charge in [0.2, 0.25) is 0 Å². The maximum Gasteiger partial charge on any atom is 0.376 e. The summed E-state index contributed by atoms with van der Waals surface area (Å²) in [6, 6.07) is 0.157. The zero-order chi connectivity index (χ0) is 9.14. The van der Waals surface area contributed by atoms with Crippen molar-refractivity contribution in [1.82, 2.24) is 4.81 Å². The molecule has 12 heavy (non-hydrogen) atoms. The molecular formula is C7H16BNO3. The summed E-state index contributed by atoms with van der Waals surface area (Å²) in [6.07, 6.45) is 0.374. The minimum absolute atomic E-state index is 0.157. The van der Waals surface area contributed by atoms with Crippen LogP contribution in [-0.4, -0.2) is 54.4 Å². The summed E-state index contributed by atoms with van der Waals surface area (Å²) >= 11 is 0. The van der Waals surface area contributed by atoms with Crippen molar-refractivity contribution in [3.63, 3.8) is 0 Å².